The molecule has 0 aromatic carbocycles. The topological polar surface area (TPSA) is 37.4 Å². The fourth-order valence-corrected chi connectivity index (χ4v) is 2.26. The minimum absolute atomic E-state index is 0.232. The summed E-state index contributed by atoms with van der Waals surface area (Å²) in [5.74, 6) is 0.783. The fourth-order valence-electron chi connectivity index (χ4n) is 1.04. The SMILES string of the molecule is CCN(CCCl)CCS(=O)(=O)C(C)C. The monoisotopic (exact) mass is 241 g/mol. The van der Waals surface area contributed by atoms with Crippen molar-refractivity contribution in [3.05, 3.63) is 0 Å². The average Bonchev–Trinajstić information content (AvgIpc) is 2.12. The first-order valence-corrected chi connectivity index (χ1v) is 7.19. The first kappa shape index (κ1) is 14.2. The summed E-state index contributed by atoms with van der Waals surface area (Å²) in [5, 5.41) is -0.280. The van der Waals surface area contributed by atoms with Crippen LogP contribution in [-0.2, 0) is 9.84 Å². The van der Waals surface area contributed by atoms with Crippen LogP contribution in [0.1, 0.15) is 20.8 Å². The largest absolute Gasteiger partial charge is 0.301 e. The van der Waals surface area contributed by atoms with Gasteiger partial charge in [0.1, 0.15) is 0 Å². The van der Waals surface area contributed by atoms with Crippen molar-refractivity contribution in [3.63, 3.8) is 0 Å². The third kappa shape index (κ3) is 5.17. The van der Waals surface area contributed by atoms with Gasteiger partial charge in [-0.25, -0.2) is 8.42 Å². The van der Waals surface area contributed by atoms with Crippen molar-refractivity contribution in [2.45, 2.75) is 26.0 Å². The van der Waals surface area contributed by atoms with Crippen molar-refractivity contribution in [2.75, 3.05) is 31.3 Å². The molecular formula is C9H20ClNO2S. The summed E-state index contributed by atoms with van der Waals surface area (Å²) in [6, 6.07) is 0. The van der Waals surface area contributed by atoms with Gasteiger partial charge in [0.2, 0.25) is 0 Å². The van der Waals surface area contributed by atoms with Crippen LogP contribution >= 0.6 is 11.6 Å². The predicted octanol–water partition coefficient (Wildman–Crippen LogP) is 1.37. The molecule has 0 radical (unpaired) electrons. The van der Waals surface area contributed by atoms with E-state index in [2.05, 4.69) is 0 Å². The van der Waals surface area contributed by atoms with Gasteiger partial charge in [0, 0.05) is 19.0 Å². The minimum Gasteiger partial charge on any atom is -0.301 e. The lowest BCUT2D eigenvalue weighted by Gasteiger charge is -2.19. The van der Waals surface area contributed by atoms with E-state index in [0.717, 1.165) is 13.1 Å². The van der Waals surface area contributed by atoms with Gasteiger partial charge < -0.3 is 4.90 Å². The highest BCUT2D eigenvalue weighted by Crippen LogP contribution is 2.01. The molecule has 0 aliphatic rings. The van der Waals surface area contributed by atoms with Crippen molar-refractivity contribution in [1.29, 1.82) is 0 Å². The summed E-state index contributed by atoms with van der Waals surface area (Å²) in [6.07, 6.45) is 0. The number of nitrogens with zero attached hydrogens (tertiary/aromatic N) is 1. The molecule has 3 nitrogen and oxygen atoms in total. The molecule has 0 aromatic heterocycles. The van der Waals surface area contributed by atoms with Crippen LogP contribution in [0.5, 0.6) is 0 Å². The smallest absolute Gasteiger partial charge is 0.153 e. The summed E-state index contributed by atoms with van der Waals surface area (Å²) in [5.41, 5.74) is 0. The van der Waals surface area contributed by atoms with Crippen LogP contribution in [0.15, 0.2) is 0 Å². The molecule has 5 heteroatoms. The van der Waals surface area contributed by atoms with Crippen LogP contribution in [0, 0.1) is 0 Å². The van der Waals surface area contributed by atoms with Crippen molar-refractivity contribution in [2.24, 2.45) is 0 Å². The Labute approximate surface area is 92.3 Å². The Bertz CT molecular complexity index is 239. The number of hydrogen-bond acceptors (Lipinski definition) is 3. The molecule has 0 aliphatic carbocycles. The van der Waals surface area contributed by atoms with E-state index in [1.807, 2.05) is 11.8 Å². The fraction of sp³-hybridized carbons (Fsp3) is 1.00. The minimum atomic E-state index is -2.91. The van der Waals surface area contributed by atoms with Crippen LogP contribution in [0.4, 0.5) is 0 Å². The Hall–Kier alpha value is 0.200. The van der Waals surface area contributed by atoms with E-state index >= 15 is 0 Å². The summed E-state index contributed by atoms with van der Waals surface area (Å²) < 4.78 is 23.0. The van der Waals surface area contributed by atoms with Crippen LogP contribution in [0.2, 0.25) is 0 Å². The van der Waals surface area contributed by atoms with Gasteiger partial charge in [0.25, 0.3) is 0 Å². The Balaban J connectivity index is 4.03. The number of halogens is 1. The molecule has 0 N–H and O–H groups in total. The first-order valence-electron chi connectivity index (χ1n) is 4.94. The highest BCUT2D eigenvalue weighted by molar-refractivity contribution is 7.92. The highest BCUT2D eigenvalue weighted by atomic mass is 35.5. The van der Waals surface area contributed by atoms with E-state index in [1.165, 1.54) is 0 Å². The average molecular weight is 242 g/mol. The van der Waals surface area contributed by atoms with Crippen LogP contribution < -0.4 is 0 Å². The zero-order valence-corrected chi connectivity index (χ0v) is 10.7. The Morgan fingerprint density at radius 3 is 2.21 bits per heavy atom. The summed E-state index contributed by atoms with van der Waals surface area (Å²) in [4.78, 5) is 2.05. The standard InChI is InChI=1S/C9H20ClNO2S/c1-4-11(6-5-10)7-8-14(12,13)9(2)3/h9H,4-8H2,1-3H3. The third-order valence-electron chi connectivity index (χ3n) is 2.26. The van der Waals surface area contributed by atoms with Gasteiger partial charge in [-0.2, -0.15) is 0 Å². The molecule has 0 amide bonds. The van der Waals surface area contributed by atoms with E-state index in [4.69, 9.17) is 11.6 Å². The molecule has 0 rings (SSSR count). The molecule has 0 saturated carbocycles. The van der Waals surface area contributed by atoms with E-state index in [9.17, 15) is 8.42 Å². The van der Waals surface area contributed by atoms with Crippen LogP contribution in [-0.4, -0.2) is 49.8 Å². The maximum absolute atomic E-state index is 11.5. The second-order valence-corrected chi connectivity index (χ2v) is 6.59. The van der Waals surface area contributed by atoms with Crippen molar-refractivity contribution in [3.8, 4) is 0 Å². The van der Waals surface area contributed by atoms with E-state index in [-0.39, 0.29) is 11.0 Å². The Morgan fingerprint density at radius 1 is 1.29 bits per heavy atom. The molecule has 0 heterocycles. The second-order valence-electron chi connectivity index (χ2n) is 3.54. The first-order chi connectivity index (χ1) is 6.44. The normalized spacial score (nSPS) is 12.7. The number of rotatable bonds is 7. The molecular weight excluding hydrogens is 222 g/mol. The van der Waals surface area contributed by atoms with Gasteiger partial charge in [-0.15, -0.1) is 11.6 Å². The van der Waals surface area contributed by atoms with Gasteiger partial charge in [0.05, 0.1) is 11.0 Å². The lowest BCUT2D eigenvalue weighted by atomic mass is 10.5. The molecule has 0 bridgehead atoms. The predicted molar refractivity (Wildman–Crippen MR) is 61.8 cm³/mol. The molecule has 0 atom stereocenters. The number of alkyl halides is 1. The van der Waals surface area contributed by atoms with Gasteiger partial charge in [-0.05, 0) is 20.4 Å². The molecule has 0 fully saturated rings. The highest BCUT2D eigenvalue weighted by Gasteiger charge is 2.16. The molecule has 86 valence electrons. The van der Waals surface area contributed by atoms with Crippen LogP contribution in [0.25, 0.3) is 0 Å². The molecule has 14 heavy (non-hydrogen) atoms. The quantitative estimate of drug-likeness (QED) is 0.632. The molecule has 0 unspecified atom stereocenters. The van der Waals surface area contributed by atoms with Gasteiger partial charge in [-0.1, -0.05) is 6.92 Å². The maximum Gasteiger partial charge on any atom is 0.153 e. The Morgan fingerprint density at radius 2 is 1.86 bits per heavy atom. The number of hydrogen-bond donors (Lipinski definition) is 0. The van der Waals surface area contributed by atoms with Gasteiger partial charge in [0.15, 0.2) is 9.84 Å². The van der Waals surface area contributed by atoms with Crippen molar-refractivity contribution < 1.29 is 8.42 Å². The second kappa shape index (κ2) is 6.64. The molecule has 0 aliphatic heterocycles. The van der Waals surface area contributed by atoms with E-state index in [1.54, 1.807) is 13.8 Å². The summed E-state index contributed by atoms with van der Waals surface area (Å²) in [7, 11) is -2.91. The molecule has 0 spiro atoms. The lowest BCUT2D eigenvalue weighted by molar-refractivity contribution is 0.323. The maximum atomic E-state index is 11.5. The number of sulfone groups is 1. The lowest BCUT2D eigenvalue weighted by Crippen LogP contribution is -2.32. The summed E-state index contributed by atoms with van der Waals surface area (Å²) >= 11 is 5.60. The van der Waals surface area contributed by atoms with Gasteiger partial charge >= 0.3 is 0 Å². The third-order valence-corrected chi connectivity index (χ3v) is 4.62. The van der Waals surface area contributed by atoms with Crippen LogP contribution in [0.3, 0.4) is 0 Å². The molecule has 0 aromatic rings. The van der Waals surface area contributed by atoms with E-state index < -0.39 is 9.84 Å². The van der Waals surface area contributed by atoms with Crippen molar-refractivity contribution in [1.82, 2.24) is 4.90 Å². The Kier molecular flexibility index (Phi) is 6.74. The van der Waals surface area contributed by atoms with Gasteiger partial charge in [-0.3, -0.25) is 0 Å². The summed E-state index contributed by atoms with van der Waals surface area (Å²) in [6.45, 7) is 7.63. The molecule has 0 saturated heterocycles. The zero-order valence-electron chi connectivity index (χ0n) is 9.16. The van der Waals surface area contributed by atoms with Crippen molar-refractivity contribution >= 4 is 21.4 Å². The zero-order chi connectivity index (χ0) is 11.2. The van der Waals surface area contributed by atoms with E-state index in [0.29, 0.717) is 12.4 Å².